The monoisotopic (exact) mass is 352 g/mol. The molecule has 2 heterocycles. The molecule has 3 rings (SSSR count). The molecule has 0 atom stereocenters. The number of nitrogens with one attached hydrogen (secondary N) is 1. The van der Waals surface area contributed by atoms with Crippen LogP contribution in [-0.2, 0) is 11.2 Å². The highest BCUT2D eigenvalue weighted by Crippen LogP contribution is 2.15. The lowest BCUT2D eigenvalue weighted by atomic mass is 10.2. The number of pyridine rings is 1. The van der Waals surface area contributed by atoms with Gasteiger partial charge < -0.3 is 14.9 Å². The Bertz CT molecular complexity index is 891. The van der Waals surface area contributed by atoms with E-state index in [-0.39, 0.29) is 17.9 Å². The maximum Gasteiger partial charge on any atom is 0.335 e. The largest absolute Gasteiger partial charge is 0.478 e. The number of hydrogen-bond acceptors (Lipinski definition) is 6. The van der Waals surface area contributed by atoms with Crippen molar-refractivity contribution in [3.63, 3.8) is 0 Å². The number of aromatic carboxylic acids is 1. The Morgan fingerprint density at radius 1 is 1.15 bits per heavy atom. The number of amides is 1. The third-order valence-electron chi connectivity index (χ3n) is 3.60. The number of hydrogen-bond donors (Lipinski definition) is 2. The van der Waals surface area contributed by atoms with E-state index < -0.39 is 5.97 Å². The molecule has 0 bridgehead atoms. The molecule has 26 heavy (non-hydrogen) atoms. The van der Waals surface area contributed by atoms with Crippen LogP contribution in [0.5, 0.6) is 0 Å². The van der Waals surface area contributed by atoms with E-state index in [1.54, 1.807) is 30.6 Å². The molecule has 0 aliphatic carbocycles. The van der Waals surface area contributed by atoms with Crippen LogP contribution in [0, 0.1) is 0 Å². The molecule has 132 valence electrons. The summed E-state index contributed by atoms with van der Waals surface area (Å²) in [4.78, 5) is 31.0. The highest BCUT2D eigenvalue weighted by atomic mass is 16.5. The maximum absolute atomic E-state index is 11.9. The van der Waals surface area contributed by atoms with Crippen LogP contribution < -0.4 is 5.32 Å². The minimum Gasteiger partial charge on any atom is -0.478 e. The molecular weight excluding hydrogens is 336 g/mol. The fourth-order valence-corrected chi connectivity index (χ4v) is 2.29. The van der Waals surface area contributed by atoms with Crippen LogP contribution in [0.3, 0.4) is 0 Å². The molecule has 0 spiro atoms. The van der Waals surface area contributed by atoms with E-state index in [2.05, 4.69) is 20.4 Å². The van der Waals surface area contributed by atoms with Crippen LogP contribution in [0.4, 0.5) is 5.69 Å². The van der Waals surface area contributed by atoms with Gasteiger partial charge in [-0.25, -0.2) is 4.79 Å². The van der Waals surface area contributed by atoms with Crippen LogP contribution in [0.1, 0.15) is 29.1 Å². The van der Waals surface area contributed by atoms with Gasteiger partial charge >= 0.3 is 5.97 Å². The summed E-state index contributed by atoms with van der Waals surface area (Å²) in [6, 6.07) is 9.62. The summed E-state index contributed by atoms with van der Waals surface area (Å²) in [7, 11) is 0. The van der Waals surface area contributed by atoms with Gasteiger partial charge in [0.2, 0.25) is 17.6 Å². The third kappa shape index (κ3) is 4.50. The molecule has 1 amide bonds. The zero-order valence-electron chi connectivity index (χ0n) is 13.8. The molecule has 0 saturated heterocycles. The summed E-state index contributed by atoms with van der Waals surface area (Å²) >= 11 is 0. The molecule has 1 aromatic carbocycles. The van der Waals surface area contributed by atoms with E-state index in [4.69, 9.17) is 9.63 Å². The Hall–Kier alpha value is -3.55. The van der Waals surface area contributed by atoms with E-state index in [0.29, 0.717) is 30.2 Å². The molecule has 0 saturated carbocycles. The zero-order valence-corrected chi connectivity index (χ0v) is 13.8. The van der Waals surface area contributed by atoms with E-state index in [0.717, 1.165) is 5.56 Å². The van der Waals surface area contributed by atoms with Gasteiger partial charge in [-0.3, -0.25) is 9.78 Å². The van der Waals surface area contributed by atoms with Crippen molar-refractivity contribution in [2.75, 3.05) is 5.32 Å². The molecule has 0 fully saturated rings. The molecule has 8 heteroatoms. The predicted molar refractivity (Wildman–Crippen MR) is 92.5 cm³/mol. The van der Waals surface area contributed by atoms with E-state index >= 15 is 0 Å². The molecule has 3 aromatic rings. The Morgan fingerprint density at radius 2 is 1.96 bits per heavy atom. The molecule has 2 aromatic heterocycles. The summed E-state index contributed by atoms with van der Waals surface area (Å²) in [5.41, 5.74) is 1.49. The van der Waals surface area contributed by atoms with Crippen molar-refractivity contribution in [3.05, 3.63) is 60.2 Å². The molecule has 0 unspecified atom stereocenters. The van der Waals surface area contributed by atoms with E-state index in [1.165, 1.54) is 12.1 Å². The van der Waals surface area contributed by atoms with Gasteiger partial charge in [0, 0.05) is 36.5 Å². The summed E-state index contributed by atoms with van der Waals surface area (Å²) < 4.78 is 5.18. The Kier molecular flexibility index (Phi) is 5.33. The number of carboxylic acids is 1. The van der Waals surface area contributed by atoms with Crippen molar-refractivity contribution < 1.29 is 19.2 Å². The van der Waals surface area contributed by atoms with Crippen LogP contribution in [0.15, 0.2) is 53.3 Å². The van der Waals surface area contributed by atoms with Crippen molar-refractivity contribution >= 4 is 17.6 Å². The first-order chi connectivity index (χ1) is 12.6. The minimum atomic E-state index is -1.01. The number of aryl methyl sites for hydroxylation is 1. The Morgan fingerprint density at radius 3 is 2.65 bits per heavy atom. The number of anilines is 1. The average molecular weight is 352 g/mol. The topological polar surface area (TPSA) is 118 Å². The summed E-state index contributed by atoms with van der Waals surface area (Å²) in [5, 5.41) is 15.5. The highest BCUT2D eigenvalue weighted by Gasteiger charge is 2.10. The normalized spacial score (nSPS) is 10.5. The lowest BCUT2D eigenvalue weighted by Gasteiger charge is -2.04. The predicted octanol–water partition coefficient (Wildman–Crippen LogP) is 2.79. The van der Waals surface area contributed by atoms with Crippen molar-refractivity contribution in [2.24, 2.45) is 0 Å². The summed E-state index contributed by atoms with van der Waals surface area (Å²) in [6.07, 6.45) is 4.63. The van der Waals surface area contributed by atoms with Gasteiger partial charge in [-0.15, -0.1) is 0 Å². The fraction of sp³-hybridized carbons (Fsp3) is 0.167. The second kappa shape index (κ2) is 8.02. The summed E-state index contributed by atoms with van der Waals surface area (Å²) in [6.45, 7) is 0. The number of carbonyl (C=O) groups excluding carboxylic acids is 1. The SMILES string of the molecule is O=C(CCCc1nc(-c2cccnc2)no1)Nc1ccc(C(=O)O)cc1. The molecule has 0 aliphatic rings. The standard InChI is InChI=1S/C18H16N4O4/c23-15(20-14-8-6-12(7-9-14)18(24)25)4-1-5-16-21-17(22-26-16)13-3-2-10-19-11-13/h2-3,6-11H,1,4-5H2,(H,20,23)(H,24,25). The first-order valence-corrected chi connectivity index (χ1v) is 7.98. The van der Waals surface area contributed by atoms with Gasteiger partial charge in [0.25, 0.3) is 0 Å². The molecule has 0 radical (unpaired) electrons. The van der Waals surface area contributed by atoms with Gasteiger partial charge in [-0.1, -0.05) is 5.16 Å². The van der Waals surface area contributed by atoms with Crippen molar-refractivity contribution in [2.45, 2.75) is 19.3 Å². The molecule has 0 aliphatic heterocycles. The number of carboxylic acid groups (broad SMARTS) is 1. The molecular formula is C18H16N4O4. The van der Waals surface area contributed by atoms with E-state index in [9.17, 15) is 9.59 Å². The number of rotatable bonds is 7. The van der Waals surface area contributed by atoms with Crippen molar-refractivity contribution in [1.29, 1.82) is 0 Å². The third-order valence-corrected chi connectivity index (χ3v) is 3.60. The number of carbonyl (C=O) groups is 2. The van der Waals surface area contributed by atoms with Crippen molar-refractivity contribution in [1.82, 2.24) is 15.1 Å². The lowest BCUT2D eigenvalue weighted by molar-refractivity contribution is -0.116. The van der Waals surface area contributed by atoms with Crippen LogP contribution in [-0.4, -0.2) is 32.1 Å². The second-order valence-corrected chi connectivity index (χ2v) is 5.54. The van der Waals surface area contributed by atoms with E-state index in [1.807, 2.05) is 6.07 Å². The Labute approximate surface area is 148 Å². The molecule has 8 nitrogen and oxygen atoms in total. The minimum absolute atomic E-state index is 0.167. The van der Waals surface area contributed by atoms with Gasteiger partial charge in [-0.2, -0.15) is 4.98 Å². The van der Waals surface area contributed by atoms with Gasteiger partial charge in [0.05, 0.1) is 5.56 Å². The van der Waals surface area contributed by atoms with Crippen LogP contribution in [0.2, 0.25) is 0 Å². The van der Waals surface area contributed by atoms with Crippen LogP contribution in [0.25, 0.3) is 11.4 Å². The summed E-state index contributed by atoms with van der Waals surface area (Å²) in [5.74, 6) is -0.244. The van der Waals surface area contributed by atoms with Gasteiger partial charge in [0.15, 0.2) is 0 Å². The van der Waals surface area contributed by atoms with Gasteiger partial charge in [-0.05, 0) is 42.8 Å². The van der Waals surface area contributed by atoms with Gasteiger partial charge in [0.1, 0.15) is 0 Å². The number of aromatic nitrogens is 3. The fourth-order valence-electron chi connectivity index (χ4n) is 2.29. The van der Waals surface area contributed by atoms with Crippen molar-refractivity contribution in [3.8, 4) is 11.4 Å². The Balaban J connectivity index is 1.46. The van der Waals surface area contributed by atoms with Crippen LogP contribution >= 0.6 is 0 Å². The smallest absolute Gasteiger partial charge is 0.335 e. The average Bonchev–Trinajstić information content (AvgIpc) is 3.12. The number of benzene rings is 1. The highest BCUT2D eigenvalue weighted by molar-refractivity contribution is 5.92. The lowest BCUT2D eigenvalue weighted by Crippen LogP contribution is -2.11. The first-order valence-electron chi connectivity index (χ1n) is 7.98. The maximum atomic E-state index is 11.9. The first kappa shape index (κ1) is 17.3. The number of nitrogens with zero attached hydrogens (tertiary/aromatic N) is 3. The second-order valence-electron chi connectivity index (χ2n) is 5.54. The quantitative estimate of drug-likeness (QED) is 0.671. The zero-order chi connectivity index (χ0) is 18.4. The molecule has 2 N–H and O–H groups in total.